The van der Waals surface area contributed by atoms with Gasteiger partial charge in [-0.3, -0.25) is 9.59 Å². The average molecular weight is 360 g/mol. The van der Waals surface area contributed by atoms with Crippen LogP contribution < -0.4 is 20.2 Å². The van der Waals surface area contributed by atoms with Gasteiger partial charge in [-0.05, 0) is 23.8 Å². The third kappa shape index (κ3) is 4.27. The third-order valence-corrected chi connectivity index (χ3v) is 3.72. The van der Waals surface area contributed by atoms with E-state index in [0.717, 1.165) is 5.56 Å². The maximum Gasteiger partial charge on any atom is 0.329 e. The Balaban J connectivity index is 1.49. The van der Waals surface area contributed by atoms with Gasteiger partial charge in [-0.25, -0.2) is 5.43 Å². The number of fused-ring (bicyclic) bond motifs is 1. The van der Waals surface area contributed by atoms with Gasteiger partial charge in [0.15, 0.2) is 11.5 Å². The van der Waals surface area contributed by atoms with E-state index in [4.69, 9.17) is 21.1 Å². The number of halogens is 1. The maximum absolute atomic E-state index is 11.8. The zero-order valence-electron chi connectivity index (χ0n) is 13.0. The van der Waals surface area contributed by atoms with Crippen LogP contribution in [0.3, 0.4) is 0 Å². The number of rotatable bonds is 4. The number of hydrogen-bond donors (Lipinski definition) is 2. The first-order valence-corrected chi connectivity index (χ1v) is 7.75. The van der Waals surface area contributed by atoms with Crippen molar-refractivity contribution in [3.63, 3.8) is 0 Å². The van der Waals surface area contributed by atoms with Crippen molar-refractivity contribution in [2.45, 2.75) is 6.54 Å². The highest BCUT2D eigenvalue weighted by Crippen LogP contribution is 2.32. The molecule has 0 saturated heterocycles. The Morgan fingerprint density at radius 1 is 1.12 bits per heavy atom. The van der Waals surface area contributed by atoms with Crippen LogP contribution in [0.4, 0.5) is 0 Å². The number of nitrogens with zero attached hydrogens (tertiary/aromatic N) is 1. The molecule has 2 aromatic carbocycles. The van der Waals surface area contributed by atoms with E-state index < -0.39 is 11.8 Å². The molecule has 0 unspecified atom stereocenters. The molecule has 0 radical (unpaired) electrons. The third-order valence-electron chi connectivity index (χ3n) is 3.37. The van der Waals surface area contributed by atoms with Gasteiger partial charge in [0.2, 0.25) is 6.79 Å². The lowest BCUT2D eigenvalue weighted by atomic mass is 10.2. The summed E-state index contributed by atoms with van der Waals surface area (Å²) in [6, 6.07) is 12.3. The van der Waals surface area contributed by atoms with Crippen LogP contribution in [0.5, 0.6) is 11.5 Å². The van der Waals surface area contributed by atoms with Crippen LogP contribution in [0.2, 0.25) is 5.02 Å². The molecule has 0 saturated carbocycles. The van der Waals surface area contributed by atoms with E-state index in [2.05, 4.69) is 15.8 Å². The van der Waals surface area contributed by atoms with Crippen LogP contribution in [0.1, 0.15) is 11.1 Å². The number of amides is 2. The Labute approximate surface area is 148 Å². The molecule has 0 aliphatic carbocycles. The molecule has 7 nitrogen and oxygen atoms in total. The van der Waals surface area contributed by atoms with Gasteiger partial charge in [-0.2, -0.15) is 5.10 Å². The Morgan fingerprint density at radius 2 is 1.92 bits per heavy atom. The Morgan fingerprint density at radius 3 is 2.76 bits per heavy atom. The molecular weight excluding hydrogens is 346 g/mol. The Bertz CT molecular complexity index is 838. The van der Waals surface area contributed by atoms with Gasteiger partial charge in [-0.15, -0.1) is 0 Å². The van der Waals surface area contributed by atoms with Crippen LogP contribution in [0.15, 0.2) is 47.6 Å². The van der Waals surface area contributed by atoms with E-state index >= 15 is 0 Å². The van der Waals surface area contributed by atoms with E-state index in [9.17, 15) is 9.59 Å². The SMILES string of the molecule is O=C(NCc1ccc2c(c1)OCO2)C(=O)N/N=C/c1ccccc1Cl. The molecule has 0 atom stereocenters. The predicted octanol–water partition coefficient (Wildman–Crippen LogP) is 1.84. The number of benzene rings is 2. The fraction of sp³-hybridized carbons (Fsp3) is 0.118. The normalized spacial score (nSPS) is 12.2. The monoisotopic (exact) mass is 359 g/mol. The highest BCUT2D eigenvalue weighted by Gasteiger charge is 2.15. The van der Waals surface area contributed by atoms with Gasteiger partial charge in [0.05, 0.1) is 6.21 Å². The summed E-state index contributed by atoms with van der Waals surface area (Å²) in [6.45, 7) is 0.355. The molecule has 0 spiro atoms. The topological polar surface area (TPSA) is 89.0 Å². The highest BCUT2D eigenvalue weighted by atomic mass is 35.5. The number of ether oxygens (including phenoxy) is 2. The molecule has 2 aromatic rings. The van der Waals surface area contributed by atoms with Crippen molar-refractivity contribution >= 4 is 29.6 Å². The quantitative estimate of drug-likeness (QED) is 0.495. The van der Waals surface area contributed by atoms with Gasteiger partial charge in [0.25, 0.3) is 0 Å². The highest BCUT2D eigenvalue weighted by molar-refractivity contribution is 6.35. The standard InChI is InChI=1S/C17H14ClN3O4/c18-13-4-2-1-3-12(13)9-20-21-17(23)16(22)19-8-11-5-6-14-15(7-11)25-10-24-14/h1-7,9H,8,10H2,(H,19,22)(H,21,23)/b20-9+. The largest absolute Gasteiger partial charge is 0.454 e. The molecule has 1 heterocycles. The molecule has 2 amide bonds. The van der Waals surface area contributed by atoms with Crippen molar-refractivity contribution in [1.82, 2.24) is 10.7 Å². The van der Waals surface area contributed by atoms with Gasteiger partial charge < -0.3 is 14.8 Å². The van der Waals surface area contributed by atoms with Gasteiger partial charge in [0, 0.05) is 17.1 Å². The van der Waals surface area contributed by atoms with Crippen LogP contribution in [0, 0.1) is 0 Å². The summed E-state index contributed by atoms with van der Waals surface area (Å²) in [5, 5.41) is 6.72. The van der Waals surface area contributed by atoms with E-state index in [0.29, 0.717) is 22.1 Å². The molecule has 3 rings (SSSR count). The van der Waals surface area contributed by atoms with Crippen LogP contribution >= 0.6 is 11.6 Å². The van der Waals surface area contributed by atoms with E-state index in [-0.39, 0.29) is 13.3 Å². The van der Waals surface area contributed by atoms with E-state index in [1.807, 2.05) is 0 Å². The van der Waals surface area contributed by atoms with Crippen LogP contribution in [-0.4, -0.2) is 24.8 Å². The maximum atomic E-state index is 11.8. The predicted molar refractivity (Wildman–Crippen MR) is 91.6 cm³/mol. The number of carbonyl (C=O) groups excluding carboxylic acids is 2. The van der Waals surface area contributed by atoms with Crippen molar-refractivity contribution in [3.8, 4) is 11.5 Å². The van der Waals surface area contributed by atoms with Crippen molar-refractivity contribution in [2.75, 3.05) is 6.79 Å². The smallest absolute Gasteiger partial charge is 0.329 e. The molecule has 0 aromatic heterocycles. The molecule has 0 fully saturated rings. The summed E-state index contributed by atoms with van der Waals surface area (Å²) in [4.78, 5) is 23.5. The summed E-state index contributed by atoms with van der Waals surface area (Å²) in [7, 11) is 0. The number of hydrogen-bond acceptors (Lipinski definition) is 5. The van der Waals surface area contributed by atoms with Crippen LogP contribution in [0.25, 0.3) is 0 Å². The Kier molecular flexibility index (Phi) is 5.15. The molecule has 2 N–H and O–H groups in total. The second-order valence-electron chi connectivity index (χ2n) is 5.09. The first-order valence-electron chi connectivity index (χ1n) is 7.38. The van der Waals surface area contributed by atoms with Crippen molar-refractivity contribution in [2.24, 2.45) is 5.10 Å². The number of nitrogens with one attached hydrogen (secondary N) is 2. The minimum atomic E-state index is -0.871. The second-order valence-corrected chi connectivity index (χ2v) is 5.50. The summed E-state index contributed by atoms with van der Waals surface area (Å²) in [6.07, 6.45) is 1.37. The minimum absolute atomic E-state index is 0.178. The second kappa shape index (κ2) is 7.67. The van der Waals surface area contributed by atoms with Gasteiger partial charge in [-0.1, -0.05) is 35.9 Å². The summed E-state index contributed by atoms with van der Waals surface area (Å²) < 4.78 is 10.5. The number of carbonyl (C=O) groups is 2. The lowest BCUT2D eigenvalue weighted by Gasteiger charge is -2.05. The van der Waals surface area contributed by atoms with E-state index in [1.54, 1.807) is 42.5 Å². The van der Waals surface area contributed by atoms with Crippen molar-refractivity contribution in [3.05, 3.63) is 58.6 Å². The lowest BCUT2D eigenvalue weighted by molar-refractivity contribution is -0.139. The molecule has 1 aliphatic heterocycles. The molecular formula is C17H14ClN3O4. The summed E-state index contributed by atoms with van der Waals surface area (Å²) >= 11 is 5.96. The zero-order valence-corrected chi connectivity index (χ0v) is 13.7. The van der Waals surface area contributed by atoms with Gasteiger partial charge in [0.1, 0.15) is 0 Å². The zero-order chi connectivity index (χ0) is 17.6. The Hall–Kier alpha value is -3.06. The van der Waals surface area contributed by atoms with Crippen molar-refractivity contribution < 1.29 is 19.1 Å². The first kappa shape index (κ1) is 16.8. The molecule has 128 valence electrons. The fourth-order valence-corrected chi connectivity index (χ4v) is 2.29. The lowest BCUT2D eigenvalue weighted by Crippen LogP contribution is -2.37. The molecule has 25 heavy (non-hydrogen) atoms. The summed E-state index contributed by atoms with van der Waals surface area (Å²) in [5.41, 5.74) is 3.56. The first-order chi connectivity index (χ1) is 12.1. The van der Waals surface area contributed by atoms with E-state index in [1.165, 1.54) is 6.21 Å². The van der Waals surface area contributed by atoms with Gasteiger partial charge >= 0.3 is 11.8 Å². The van der Waals surface area contributed by atoms with Crippen LogP contribution in [-0.2, 0) is 16.1 Å². The fourth-order valence-electron chi connectivity index (χ4n) is 2.10. The van der Waals surface area contributed by atoms with Crippen molar-refractivity contribution in [1.29, 1.82) is 0 Å². The number of hydrazone groups is 1. The minimum Gasteiger partial charge on any atom is -0.454 e. The summed E-state index contributed by atoms with van der Waals surface area (Å²) in [5.74, 6) is -0.403. The molecule has 1 aliphatic rings. The molecule has 8 heteroatoms. The molecule has 0 bridgehead atoms. The average Bonchev–Trinajstić information content (AvgIpc) is 3.09.